The van der Waals surface area contributed by atoms with Crippen molar-refractivity contribution in [2.45, 2.75) is 18.9 Å². The molecule has 3 N–H and O–H groups in total. The first kappa shape index (κ1) is 18.9. The summed E-state index contributed by atoms with van der Waals surface area (Å²) in [5.41, 5.74) is 9.42. The van der Waals surface area contributed by atoms with Gasteiger partial charge in [0.15, 0.2) is 0 Å². The van der Waals surface area contributed by atoms with Gasteiger partial charge in [0.2, 0.25) is 0 Å². The van der Waals surface area contributed by atoms with E-state index < -0.39 is 11.9 Å². The van der Waals surface area contributed by atoms with Gasteiger partial charge in [0.25, 0.3) is 0 Å². The topological polar surface area (TPSA) is 82.5 Å². The maximum atomic E-state index is 14.3. The third-order valence-electron chi connectivity index (χ3n) is 5.78. The fraction of sp³-hybridized carbons (Fsp3) is 0.409. The molecule has 2 saturated heterocycles. The number of nitriles is 1. The number of nitrogens with two attached hydrogens (primary N) is 1. The molecule has 6 heteroatoms. The molecule has 1 spiro atoms. The van der Waals surface area contributed by atoms with E-state index in [0.717, 1.165) is 55.1 Å². The summed E-state index contributed by atoms with van der Waals surface area (Å²) in [6.45, 7) is 3.65. The van der Waals surface area contributed by atoms with E-state index in [-0.39, 0.29) is 17.5 Å². The summed E-state index contributed by atoms with van der Waals surface area (Å²) in [7, 11) is 0. The number of aliphatic hydroxyl groups is 1. The van der Waals surface area contributed by atoms with Gasteiger partial charge >= 0.3 is 0 Å². The monoisotopic (exact) mass is 381 g/mol. The molecule has 0 radical (unpaired) electrons. The van der Waals surface area contributed by atoms with Gasteiger partial charge in [-0.3, -0.25) is 0 Å². The van der Waals surface area contributed by atoms with Crippen molar-refractivity contribution in [2.75, 3.05) is 37.7 Å². The first-order valence-corrected chi connectivity index (χ1v) is 9.57. The van der Waals surface area contributed by atoms with Gasteiger partial charge in [0.05, 0.1) is 18.3 Å². The van der Waals surface area contributed by atoms with Crippen LogP contribution < -0.4 is 10.6 Å². The lowest BCUT2D eigenvalue weighted by molar-refractivity contribution is 0.131. The standard InChI is InChI=1S/C22H24FN3O2/c23-20-9-16(2-3-17(20)10-24)19-8-15(7-18(27)11-25)1-4-21(19)26-12-22(13-26)5-6-28-14-22/h1-4,8-9,18,27H,5-7,11-14,25H2. The molecule has 146 valence electrons. The number of benzene rings is 2. The predicted octanol–water partition coefficient (Wildman–Crippen LogP) is 2.45. The second kappa shape index (κ2) is 7.51. The van der Waals surface area contributed by atoms with Crippen molar-refractivity contribution < 1.29 is 14.2 Å². The van der Waals surface area contributed by atoms with E-state index in [1.165, 1.54) is 12.1 Å². The average molecular weight is 381 g/mol. The molecule has 2 heterocycles. The molecule has 2 aliphatic rings. The zero-order valence-electron chi connectivity index (χ0n) is 15.7. The molecule has 0 bridgehead atoms. The van der Waals surface area contributed by atoms with Gasteiger partial charge in [-0.05, 0) is 48.2 Å². The van der Waals surface area contributed by atoms with Crippen LogP contribution in [-0.2, 0) is 11.2 Å². The Labute approximate surface area is 164 Å². The lowest BCUT2D eigenvalue weighted by Crippen LogP contribution is -2.57. The largest absolute Gasteiger partial charge is 0.391 e. The van der Waals surface area contributed by atoms with Gasteiger partial charge < -0.3 is 20.5 Å². The van der Waals surface area contributed by atoms with Crippen LogP contribution >= 0.6 is 0 Å². The highest BCUT2D eigenvalue weighted by molar-refractivity contribution is 5.80. The SMILES string of the molecule is N#Cc1ccc(-c2cc(CC(O)CN)ccc2N2CC3(CCOC3)C2)cc1F. The fourth-order valence-electron chi connectivity index (χ4n) is 4.18. The number of ether oxygens (including phenoxy) is 1. The zero-order chi connectivity index (χ0) is 19.7. The molecule has 0 saturated carbocycles. The van der Waals surface area contributed by atoms with Gasteiger partial charge in [-0.25, -0.2) is 4.39 Å². The summed E-state index contributed by atoms with van der Waals surface area (Å²) in [6, 6.07) is 12.6. The predicted molar refractivity (Wildman–Crippen MR) is 105 cm³/mol. The van der Waals surface area contributed by atoms with Crippen molar-refractivity contribution in [3.05, 3.63) is 53.3 Å². The smallest absolute Gasteiger partial charge is 0.141 e. The van der Waals surface area contributed by atoms with Gasteiger partial charge in [0, 0.05) is 42.9 Å². The second-order valence-corrected chi connectivity index (χ2v) is 7.91. The number of aliphatic hydroxyl groups excluding tert-OH is 1. The number of rotatable bonds is 5. The normalized spacial score (nSPS) is 18.7. The van der Waals surface area contributed by atoms with E-state index in [0.29, 0.717) is 6.42 Å². The quantitative estimate of drug-likeness (QED) is 0.831. The highest BCUT2D eigenvalue weighted by Gasteiger charge is 2.46. The van der Waals surface area contributed by atoms with Gasteiger partial charge in [-0.1, -0.05) is 12.1 Å². The van der Waals surface area contributed by atoms with Crippen molar-refractivity contribution in [2.24, 2.45) is 11.1 Å². The molecule has 2 aliphatic heterocycles. The maximum absolute atomic E-state index is 14.3. The molecule has 2 fully saturated rings. The Morgan fingerprint density at radius 2 is 2.11 bits per heavy atom. The van der Waals surface area contributed by atoms with E-state index in [1.807, 2.05) is 24.3 Å². The Bertz CT molecular complexity index is 910. The maximum Gasteiger partial charge on any atom is 0.141 e. The van der Waals surface area contributed by atoms with Crippen LogP contribution in [-0.4, -0.2) is 44.1 Å². The minimum Gasteiger partial charge on any atom is -0.391 e. The fourth-order valence-corrected chi connectivity index (χ4v) is 4.18. The van der Waals surface area contributed by atoms with Crippen molar-refractivity contribution in [1.29, 1.82) is 5.26 Å². The van der Waals surface area contributed by atoms with Crippen LogP contribution in [0.1, 0.15) is 17.5 Å². The Morgan fingerprint density at radius 1 is 1.29 bits per heavy atom. The van der Waals surface area contributed by atoms with Crippen LogP contribution in [0.15, 0.2) is 36.4 Å². The van der Waals surface area contributed by atoms with Crippen LogP contribution in [0.25, 0.3) is 11.1 Å². The molecule has 4 rings (SSSR count). The number of nitrogens with zero attached hydrogens (tertiary/aromatic N) is 2. The van der Waals surface area contributed by atoms with Crippen LogP contribution in [0.4, 0.5) is 10.1 Å². The van der Waals surface area contributed by atoms with Crippen molar-refractivity contribution in [3.63, 3.8) is 0 Å². The molecule has 1 atom stereocenters. The third-order valence-corrected chi connectivity index (χ3v) is 5.78. The molecular weight excluding hydrogens is 357 g/mol. The first-order chi connectivity index (χ1) is 13.5. The van der Waals surface area contributed by atoms with E-state index in [1.54, 1.807) is 6.07 Å². The summed E-state index contributed by atoms with van der Waals surface area (Å²) < 4.78 is 19.8. The number of anilines is 1. The summed E-state index contributed by atoms with van der Waals surface area (Å²) in [4.78, 5) is 2.29. The molecule has 2 aromatic carbocycles. The second-order valence-electron chi connectivity index (χ2n) is 7.91. The molecule has 2 aromatic rings. The van der Waals surface area contributed by atoms with Crippen molar-refractivity contribution >= 4 is 5.69 Å². The average Bonchev–Trinajstić information content (AvgIpc) is 3.17. The van der Waals surface area contributed by atoms with Gasteiger partial charge in [0.1, 0.15) is 11.9 Å². The first-order valence-electron chi connectivity index (χ1n) is 9.57. The van der Waals surface area contributed by atoms with Crippen LogP contribution in [0.2, 0.25) is 0 Å². The third kappa shape index (κ3) is 3.49. The summed E-state index contributed by atoms with van der Waals surface area (Å²) in [5.74, 6) is -0.525. The van der Waals surface area contributed by atoms with Crippen LogP contribution in [0.5, 0.6) is 0 Å². The summed E-state index contributed by atoms with van der Waals surface area (Å²) in [5, 5.41) is 18.9. The molecular formula is C22H24FN3O2. The van der Waals surface area contributed by atoms with E-state index >= 15 is 0 Å². The number of hydrogen-bond donors (Lipinski definition) is 2. The Hall–Kier alpha value is -2.46. The van der Waals surface area contributed by atoms with Crippen LogP contribution in [0, 0.1) is 22.6 Å². The number of halogens is 1. The molecule has 0 aromatic heterocycles. The van der Waals surface area contributed by atoms with Crippen LogP contribution in [0.3, 0.4) is 0 Å². The molecule has 0 amide bonds. The summed E-state index contributed by atoms with van der Waals surface area (Å²) in [6.07, 6.45) is 0.908. The summed E-state index contributed by atoms with van der Waals surface area (Å²) >= 11 is 0. The lowest BCUT2D eigenvalue weighted by Gasteiger charge is -2.49. The van der Waals surface area contributed by atoms with Crippen molar-refractivity contribution in [1.82, 2.24) is 0 Å². The minimum absolute atomic E-state index is 0.0333. The molecule has 0 aliphatic carbocycles. The van der Waals surface area contributed by atoms with E-state index in [4.69, 9.17) is 15.7 Å². The molecule has 28 heavy (non-hydrogen) atoms. The van der Waals surface area contributed by atoms with Crippen molar-refractivity contribution in [3.8, 4) is 17.2 Å². The molecule has 1 unspecified atom stereocenters. The number of hydrogen-bond acceptors (Lipinski definition) is 5. The highest BCUT2D eigenvalue weighted by Crippen LogP contribution is 2.44. The molecule has 5 nitrogen and oxygen atoms in total. The zero-order valence-corrected chi connectivity index (χ0v) is 15.7. The Balaban J connectivity index is 1.69. The van der Waals surface area contributed by atoms with Gasteiger partial charge in [-0.2, -0.15) is 5.26 Å². The lowest BCUT2D eigenvalue weighted by atomic mass is 9.78. The minimum atomic E-state index is -0.612. The Kier molecular flexibility index (Phi) is 5.07. The van der Waals surface area contributed by atoms with Gasteiger partial charge in [-0.15, -0.1) is 0 Å². The Morgan fingerprint density at radius 3 is 2.75 bits per heavy atom. The van der Waals surface area contributed by atoms with E-state index in [9.17, 15) is 9.50 Å². The van der Waals surface area contributed by atoms with E-state index in [2.05, 4.69) is 4.90 Å². The highest BCUT2D eigenvalue weighted by atomic mass is 19.1.